The van der Waals surface area contributed by atoms with Crippen LogP contribution in [-0.2, 0) is 11.8 Å². The second kappa shape index (κ2) is 8.06. The van der Waals surface area contributed by atoms with Gasteiger partial charge in [0.15, 0.2) is 0 Å². The predicted octanol–water partition coefficient (Wildman–Crippen LogP) is 3.09. The van der Waals surface area contributed by atoms with Crippen LogP contribution < -0.4 is 15.8 Å². The van der Waals surface area contributed by atoms with Crippen molar-refractivity contribution in [2.75, 3.05) is 19.6 Å². The summed E-state index contributed by atoms with van der Waals surface area (Å²) in [5.41, 5.74) is 1.24. The third kappa shape index (κ3) is 3.94. The first-order valence-electron chi connectivity index (χ1n) is 8.48. The molecule has 0 atom stereocenters. The van der Waals surface area contributed by atoms with Gasteiger partial charge in [-0.1, -0.05) is 79.4 Å². The average Bonchev–Trinajstić information content (AvgIpc) is 2.68. The lowest BCUT2D eigenvalue weighted by atomic mass is 10.1. The Morgan fingerprint density at radius 2 is 1.46 bits per heavy atom. The lowest BCUT2D eigenvalue weighted by Crippen LogP contribution is -2.34. The summed E-state index contributed by atoms with van der Waals surface area (Å²) in [4.78, 5) is 2.46. The van der Waals surface area contributed by atoms with E-state index in [1.165, 1.54) is 5.71 Å². The first-order valence-corrected chi connectivity index (χ1v) is 11.3. The number of hydrazone groups is 1. The molecule has 0 radical (unpaired) electrons. The predicted molar refractivity (Wildman–Crippen MR) is 108 cm³/mol. The van der Waals surface area contributed by atoms with Crippen LogP contribution in [0.25, 0.3) is 0 Å². The summed E-state index contributed by atoms with van der Waals surface area (Å²) in [6, 6.07) is 20.7. The largest absolute Gasteiger partial charge is 0.303 e. The van der Waals surface area contributed by atoms with Crippen LogP contribution >= 0.6 is 6.19 Å². The Morgan fingerprint density at radius 3 is 1.92 bits per heavy atom. The SMILES string of the molecule is CCN1CCC(=NNP(=S)(c2ccccc2)c2ccccc2)CC1. The van der Waals surface area contributed by atoms with Gasteiger partial charge in [-0.15, -0.1) is 0 Å². The molecule has 24 heavy (non-hydrogen) atoms. The highest BCUT2D eigenvalue weighted by Crippen LogP contribution is 2.39. The standard InChI is InChI=1S/C19H24N3PS/c1-2-22-15-13-17(14-16-22)20-21-23(24,18-9-5-3-6-10-18)19-11-7-4-8-12-19/h3-12H,2,13-16H2,1H3,(H,21,24). The Bertz CT molecular complexity index is 677. The second-order valence-electron chi connectivity index (χ2n) is 5.99. The van der Waals surface area contributed by atoms with Gasteiger partial charge < -0.3 is 4.90 Å². The van der Waals surface area contributed by atoms with Crippen molar-refractivity contribution in [3.8, 4) is 0 Å². The molecule has 0 spiro atoms. The zero-order chi connectivity index (χ0) is 16.8. The fraction of sp³-hybridized carbons (Fsp3) is 0.316. The number of piperidine rings is 1. The molecule has 2 aromatic carbocycles. The minimum atomic E-state index is -2.13. The van der Waals surface area contributed by atoms with Gasteiger partial charge in [0.2, 0.25) is 0 Å². The topological polar surface area (TPSA) is 27.6 Å². The van der Waals surface area contributed by atoms with Crippen LogP contribution in [0.5, 0.6) is 0 Å². The van der Waals surface area contributed by atoms with Gasteiger partial charge in [-0.2, -0.15) is 5.10 Å². The molecule has 0 aliphatic carbocycles. The van der Waals surface area contributed by atoms with E-state index in [0.29, 0.717) is 0 Å². The highest BCUT2D eigenvalue weighted by molar-refractivity contribution is 8.20. The Hall–Kier alpha value is -1.48. The third-order valence-corrected chi connectivity index (χ3v) is 8.41. The van der Waals surface area contributed by atoms with Crippen molar-refractivity contribution < 1.29 is 0 Å². The van der Waals surface area contributed by atoms with E-state index < -0.39 is 6.19 Å². The van der Waals surface area contributed by atoms with Crippen molar-refractivity contribution in [2.24, 2.45) is 5.10 Å². The molecule has 0 amide bonds. The summed E-state index contributed by atoms with van der Waals surface area (Å²) in [5.74, 6) is 0. The Kier molecular flexibility index (Phi) is 5.83. The molecule has 5 heteroatoms. The molecule has 126 valence electrons. The molecule has 1 fully saturated rings. The quantitative estimate of drug-likeness (QED) is 0.658. The molecule has 1 saturated heterocycles. The summed E-state index contributed by atoms with van der Waals surface area (Å²) in [7, 11) is 0. The number of hydrogen-bond acceptors (Lipinski definition) is 3. The maximum absolute atomic E-state index is 6.13. The van der Waals surface area contributed by atoms with Crippen LogP contribution in [0.1, 0.15) is 19.8 Å². The third-order valence-electron chi connectivity index (χ3n) is 4.47. The van der Waals surface area contributed by atoms with Gasteiger partial charge in [0.05, 0.1) is 0 Å². The first kappa shape index (κ1) is 17.3. The maximum atomic E-state index is 6.13. The summed E-state index contributed by atoms with van der Waals surface area (Å²) in [6.45, 7) is 5.52. The number of nitrogens with one attached hydrogen (secondary N) is 1. The van der Waals surface area contributed by atoms with E-state index in [2.05, 4.69) is 41.3 Å². The van der Waals surface area contributed by atoms with Gasteiger partial charge in [-0.3, -0.25) is 5.20 Å². The Labute approximate surface area is 149 Å². The van der Waals surface area contributed by atoms with Gasteiger partial charge in [0, 0.05) is 42.3 Å². The first-order chi connectivity index (χ1) is 11.7. The zero-order valence-electron chi connectivity index (χ0n) is 14.1. The molecule has 1 aliphatic rings. The molecule has 0 unspecified atom stereocenters. The minimum absolute atomic E-state index is 1.03. The van der Waals surface area contributed by atoms with Crippen molar-refractivity contribution in [3.05, 3.63) is 60.7 Å². The molecule has 0 bridgehead atoms. The van der Waals surface area contributed by atoms with Gasteiger partial charge in [-0.25, -0.2) is 0 Å². The van der Waals surface area contributed by atoms with Crippen molar-refractivity contribution in [3.63, 3.8) is 0 Å². The molecule has 0 aromatic heterocycles. The Balaban J connectivity index is 1.86. The normalized spacial score (nSPS) is 16.0. The summed E-state index contributed by atoms with van der Waals surface area (Å²) in [6.07, 6.45) is -0.0756. The van der Waals surface area contributed by atoms with E-state index >= 15 is 0 Å². The van der Waals surface area contributed by atoms with E-state index in [-0.39, 0.29) is 0 Å². The highest BCUT2D eigenvalue weighted by atomic mass is 32.4. The zero-order valence-corrected chi connectivity index (χ0v) is 15.8. The van der Waals surface area contributed by atoms with Crippen LogP contribution in [0.3, 0.4) is 0 Å². The molecule has 0 saturated carbocycles. The second-order valence-corrected chi connectivity index (χ2v) is 10.1. The molecule has 3 nitrogen and oxygen atoms in total. The average molecular weight is 357 g/mol. The lowest BCUT2D eigenvalue weighted by molar-refractivity contribution is 0.289. The summed E-state index contributed by atoms with van der Waals surface area (Å²) >= 11 is 6.13. The monoisotopic (exact) mass is 357 g/mol. The van der Waals surface area contributed by atoms with E-state index in [1.54, 1.807) is 0 Å². The number of hydrogen-bond donors (Lipinski definition) is 1. The van der Waals surface area contributed by atoms with E-state index in [1.807, 2.05) is 36.4 Å². The summed E-state index contributed by atoms with van der Waals surface area (Å²) < 4.78 is 0. The Morgan fingerprint density at radius 1 is 0.958 bits per heavy atom. The van der Waals surface area contributed by atoms with Gasteiger partial charge in [0.25, 0.3) is 0 Å². The smallest absolute Gasteiger partial charge is 0.106 e. The fourth-order valence-corrected chi connectivity index (χ4v) is 5.77. The molecule has 1 N–H and O–H groups in total. The van der Waals surface area contributed by atoms with E-state index in [0.717, 1.165) is 43.1 Å². The number of nitrogens with zero attached hydrogens (tertiary/aromatic N) is 2. The van der Waals surface area contributed by atoms with Crippen LogP contribution in [0, 0.1) is 0 Å². The van der Waals surface area contributed by atoms with Crippen molar-refractivity contribution >= 4 is 34.3 Å². The maximum Gasteiger partial charge on any atom is 0.106 e. The van der Waals surface area contributed by atoms with Crippen LogP contribution in [-0.4, -0.2) is 30.2 Å². The molecule has 3 rings (SSSR count). The molecule has 1 aliphatic heterocycles. The molecular weight excluding hydrogens is 333 g/mol. The molecular formula is C19H24N3PS. The van der Waals surface area contributed by atoms with Crippen LogP contribution in [0.15, 0.2) is 65.8 Å². The van der Waals surface area contributed by atoms with E-state index in [9.17, 15) is 0 Å². The number of likely N-dealkylation sites (tertiary alicyclic amines) is 1. The lowest BCUT2D eigenvalue weighted by Gasteiger charge is -2.27. The van der Waals surface area contributed by atoms with Crippen LogP contribution in [0.4, 0.5) is 0 Å². The van der Waals surface area contributed by atoms with Gasteiger partial charge >= 0.3 is 0 Å². The van der Waals surface area contributed by atoms with Gasteiger partial charge in [-0.05, 0) is 6.54 Å². The minimum Gasteiger partial charge on any atom is -0.303 e. The summed E-state index contributed by atoms with van der Waals surface area (Å²) in [5, 5.41) is 10.5. The fourth-order valence-electron chi connectivity index (χ4n) is 2.92. The highest BCUT2D eigenvalue weighted by Gasteiger charge is 2.22. The van der Waals surface area contributed by atoms with Crippen LogP contribution in [0.2, 0.25) is 0 Å². The van der Waals surface area contributed by atoms with Gasteiger partial charge in [0.1, 0.15) is 6.19 Å². The molecule has 2 aromatic rings. The van der Waals surface area contributed by atoms with Crippen molar-refractivity contribution in [1.82, 2.24) is 10.1 Å². The number of rotatable bonds is 5. The van der Waals surface area contributed by atoms with Crippen molar-refractivity contribution in [2.45, 2.75) is 19.8 Å². The van der Waals surface area contributed by atoms with E-state index in [4.69, 9.17) is 16.9 Å². The van der Waals surface area contributed by atoms with Crippen molar-refractivity contribution in [1.29, 1.82) is 0 Å². The number of benzene rings is 2. The molecule has 1 heterocycles.